The standard InChI is InChI=1S/C16H22N2O3/c1-11-7-15(19)14(8-17-11)16(20)18-6-2-3-13(9-18)21-10-12-4-5-12/h7-8,12-13H,2-6,9-10H2,1H3,(H,17,19). The number of aryl methyl sites for hydroxylation is 1. The van der Waals surface area contributed by atoms with E-state index >= 15 is 0 Å². The minimum absolute atomic E-state index is 0.118. The van der Waals surface area contributed by atoms with Gasteiger partial charge in [-0.05, 0) is 38.5 Å². The molecule has 2 heterocycles. The Morgan fingerprint density at radius 2 is 2.24 bits per heavy atom. The van der Waals surface area contributed by atoms with Crippen LogP contribution >= 0.6 is 0 Å². The summed E-state index contributed by atoms with van der Waals surface area (Å²) in [6.45, 7) is 3.92. The minimum atomic E-state index is -0.211. The third-order valence-electron chi connectivity index (χ3n) is 4.22. The molecule has 1 saturated heterocycles. The molecule has 114 valence electrons. The number of hydrogen-bond acceptors (Lipinski definition) is 3. The summed E-state index contributed by atoms with van der Waals surface area (Å²) < 4.78 is 5.89. The quantitative estimate of drug-likeness (QED) is 0.918. The molecule has 1 aliphatic heterocycles. The van der Waals surface area contributed by atoms with Crippen LogP contribution < -0.4 is 5.43 Å². The van der Waals surface area contributed by atoms with Gasteiger partial charge >= 0.3 is 0 Å². The van der Waals surface area contributed by atoms with Crippen LogP contribution in [0.25, 0.3) is 0 Å². The van der Waals surface area contributed by atoms with Crippen molar-refractivity contribution >= 4 is 5.91 Å². The van der Waals surface area contributed by atoms with Gasteiger partial charge in [-0.25, -0.2) is 0 Å². The van der Waals surface area contributed by atoms with E-state index in [4.69, 9.17) is 4.74 Å². The highest BCUT2D eigenvalue weighted by molar-refractivity contribution is 5.93. The molecule has 0 radical (unpaired) electrons. The van der Waals surface area contributed by atoms with Crippen molar-refractivity contribution in [3.8, 4) is 0 Å². The zero-order valence-corrected chi connectivity index (χ0v) is 12.4. The van der Waals surface area contributed by atoms with E-state index in [0.717, 1.165) is 31.1 Å². The number of ether oxygens (including phenoxy) is 1. The molecule has 1 amide bonds. The molecule has 0 bridgehead atoms. The molecular weight excluding hydrogens is 268 g/mol. The number of nitrogens with one attached hydrogen (secondary N) is 1. The Morgan fingerprint density at radius 1 is 1.43 bits per heavy atom. The lowest BCUT2D eigenvalue weighted by Gasteiger charge is -2.32. The van der Waals surface area contributed by atoms with Crippen LogP contribution in [0, 0.1) is 12.8 Å². The second-order valence-corrected chi connectivity index (χ2v) is 6.19. The van der Waals surface area contributed by atoms with Crippen LogP contribution in [0.1, 0.15) is 41.7 Å². The summed E-state index contributed by atoms with van der Waals surface area (Å²) in [5.41, 5.74) is 0.779. The van der Waals surface area contributed by atoms with E-state index in [1.165, 1.54) is 25.1 Å². The monoisotopic (exact) mass is 290 g/mol. The highest BCUT2D eigenvalue weighted by Crippen LogP contribution is 2.30. The molecule has 1 saturated carbocycles. The van der Waals surface area contributed by atoms with Gasteiger partial charge in [0.25, 0.3) is 5.91 Å². The van der Waals surface area contributed by atoms with Crippen molar-refractivity contribution < 1.29 is 9.53 Å². The molecule has 1 unspecified atom stereocenters. The molecule has 3 rings (SSSR count). The normalized spacial score (nSPS) is 22.3. The van der Waals surface area contributed by atoms with Gasteiger partial charge < -0.3 is 14.6 Å². The Morgan fingerprint density at radius 3 is 2.95 bits per heavy atom. The first-order valence-electron chi connectivity index (χ1n) is 7.73. The second-order valence-electron chi connectivity index (χ2n) is 6.19. The predicted octanol–water partition coefficient (Wildman–Crippen LogP) is 1.71. The van der Waals surface area contributed by atoms with E-state index in [9.17, 15) is 9.59 Å². The van der Waals surface area contributed by atoms with Gasteiger partial charge in [-0.1, -0.05) is 0 Å². The number of rotatable bonds is 4. The highest BCUT2D eigenvalue weighted by atomic mass is 16.5. The number of likely N-dealkylation sites (tertiary alicyclic amines) is 1. The van der Waals surface area contributed by atoms with Gasteiger partial charge in [-0.2, -0.15) is 0 Å². The van der Waals surface area contributed by atoms with Gasteiger partial charge in [0.15, 0.2) is 5.43 Å². The number of aromatic nitrogens is 1. The molecule has 1 N–H and O–H groups in total. The zero-order chi connectivity index (χ0) is 14.8. The summed E-state index contributed by atoms with van der Waals surface area (Å²) in [4.78, 5) is 29.1. The smallest absolute Gasteiger partial charge is 0.259 e. The number of pyridine rings is 1. The lowest BCUT2D eigenvalue weighted by Crippen LogP contribution is -2.44. The molecule has 1 aromatic rings. The van der Waals surface area contributed by atoms with Crippen LogP contribution in [0.4, 0.5) is 0 Å². The van der Waals surface area contributed by atoms with E-state index < -0.39 is 0 Å². The molecule has 0 spiro atoms. The summed E-state index contributed by atoms with van der Waals surface area (Å²) in [5, 5.41) is 0. The fourth-order valence-corrected chi connectivity index (χ4v) is 2.73. The summed E-state index contributed by atoms with van der Waals surface area (Å²) >= 11 is 0. The Balaban J connectivity index is 1.64. The van der Waals surface area contributed by atoms with Crippen molar-refractivity contribution in [2.45, 2.75) is 38.7 Å². The Labute approximate surface area is 124 Å². The highest BCUT2D eigenvalue weighted by Gasteiger charge is 2.28. The van der Waals surface area contributed by atoms with Gasteiger partial charge in [0.2, 0.25) is 0 Å². The number of nitrogens with zero attached hydrogens (tertiary/aromatic N) is 1. The predicted molar refractivity (Wildman–Crippen MR) is 79.4 cm³/mol. The van der Waals surface area contributed by atoms with Crippen LogP contribution in [0.3, 0.4) is 0 Å². The number of hydrogen-bond donors (Lipinski definition) is 1. The molecule has 2 aliphatic rings. The largest absolute Gasteiger partial charge is 0.376 e. The Kier molecular flexibility index (Phi) is 4.10. The number of aromatic amines is 1. The van der Waals surface area contributed by atoms with E-state index in [-0.39, 0.29) is 23.0 Å². The average Bonchev–Trinajstić information content (AvgIpc) is 3.29. The molecule has 5 heteroatoms. The van der Waals surface area contributed by atoms with Crippen molar-refractivity contribution in [3.05, 3.63) is 33.7 Å². The summed E-state index contributed by atoms with van der Waals surface area (Å²) in [6.07, 6.45) is 6.12. The molecular formula is C16H22N2O3. The van der Waals surface area contributed by atoms with Crippen molar-refractivity contribution in [2.75, 3.05) is 19.7 Å². The molecule has 1 aromatic heterocycles. The van der Waals surface area contributed by atoms with E-state index in [0.29, 0.717) is 13.1 Å². The first-order chi connectivity index (χ1) is 10.1. The fourth-order valence-electron chi connectivity index (χ4n) is 2.73. The zero-order valence-electron chi connectivity index (χ0n) is 12.4. The van der Waals surface area contributed by atoms with Crippen molar-refractivity contribution in [2.24, 2.45) is 5.92 Å². The van der Waals surface area contributed by atoms with Gasteiger partial charge in [-0.3, -0.25) is 9.59 Å². The van der Waals surface area contributed by atoms with Crippen molar-refractivity contribution in [3.63, 3.8) is 0 Å². The van der Waals surface area contributed by atoms with Crippen LogP contribution in [0.5, 0.6) is 0 Å². The summed E-state index contributed by atoms with van der Waals surface area (Å²) in [5.74, 6) is 0.548. The number of piperidine rings is 1. The first kappa shape index (κ1) is 14.3. The maximum absolute atomic E-state index is 12.5. The van der Waals surface area contributed by atoms with Crippen LogP contribution in [-0.2, 0) is 4.74 Å². The topological polar surface area (TPSA) is 62.4 Å². The van der Waals surface area contributed by atoms with Gasteiger partial charge in [0.1, 0.15) is 5.56 Å². The number of amides is 1. The van der Waals surface area contributed by atoms with Crippen molar-refractivity contribution in [1.82, 2.24) is 9.88 Å². The molecule has 0 aromatic carbocycles. The van der Waals surface area contributed by atoms with Crippen LogP contribution in [-0.4, -0.2) is 41.6 Å². The van der Waals surface area contributed by atoms with Gasteiger partial charge in [0.05, 0.1) is 6.10 Å². The Hall–Kier alpha value is -1.62. The number of H-pyrrole nitrogens is 1. The minimum Gasteiger partial charge on any atom is -0.376 e. The third-order valence-corrected chi connectivity index (χ3v) is 4.22. The maximum atomic E-state index is 12.5. The van der Waals surface area contributed by atoms with E-state index in [2.05, 4.69) is 4.98 Å². The fraction of sp³-hybridized carbons (Fsp3) is 0.625. The SMILES string of the molecule is Cc1cc(=O)c(C(=O)N2CCCC(OCC3CC3)C2)c[nH]1. The first-order valence-corrected chi connectivity index (χ1v) is 7.73. The summed E-state index contributed by atoms with van der Waals surface area (Å²) in [7, 11) is 0. The van der Waals surface area contributed by atoms with Gasteiger partial charge in [0, 0.05) is 37.7 Å². The number of carbonyl (C=O) groups is 1. The number of carbonyl (C=O) groups excluding carboxylic acids is 1. The van der Waals surface area contributed by atoms with E-state index in [1.807, 2.05) is 0 Å². The van der Waals surface area contributed by atoms with E-state index in [1.54, 1.807) is 11.8 Å². The van der Waals surface area contributed by atoms with Crippen LogP contribution in [0.15, 0.2) is 17.1 Å². The van der Waals surface area contributed by atoms with Crippen molar-refractivity contribution in [1.29, 1.82) is 0 Å². The molecule has 1 atom stereocenters. The Bertz CT molecular complexity index is 577. The second kappa shape index (κ2) is 6.02. The average molecular weight is 290 g/mol. The maximum Gasteiger partial charge on any atom is 0.259 e. The molecule has 1 aliphatic carbocycles. The molecule has 5 nitrogen and oxygen atoms in total. The lowest BCUT2D eigenvalue weighted by atomic mass is 10.1. The lowest BCUT2D eigenvalue weighted by molar-refractivity contribution is -0.00247. The molecule has 21 heavy (non-hydrogen) atoms. The van der Waals surface area contributed by atoms with Crippen LogP contribution in [0.2, 0.25) is 0 Å². The van der Waals surface area contributed by atoms with Gasteiger partial charge in [-0.15, -0.1) is 0 Å². The third kappa shape index (κ3) is 3.53. The summed E-state index contributed by atoms with van der Waals surface area (Å²) in [6, 6.07) is 1.47. The molecule has 2 fully saturated rings.